The van der Waals surface area contributed by atoms with Crippen LogP contribution in [0.5, 0.6) is 0 Å². The van der Waals surface area contributed by atoms with E-state index in [2.05, 4.69) is 15.5 Å². The minimum atomic E-state index is -0.249. The number of nitrogens with zero attached hydrogens (tertiary/aromatic N) is 3. The highest BCUT2D eigenvalue weighted by molar-refractivity contribution is 7.71. The first kappa shape index (κ1) is 16.6. The molecule has 0 aliphatic rings. The summed E-state index contributed by atoms with van der Waals surface area (Å²) in [4.78, 5) is 12.4. The Morgan fingerprint density at radius 2 is 2.12 bits per heavy atom. The lowest BCUT2D eigenvalue weighted by atomic mass is 10.1. The maximum atomic E-state index is 12.4. The molecule has 6 nitrogen and oxygen atoms in total. The fraction of sp³-hybridized carbons (Fsp3) is 0.111. The molecule has 0 unspecified atom stereocenters. The zero-order valence-corrected chi connectivity index (χ0v) is 14.3. The minimum Gasteiger partial charge on any atom is -0.324 e. The van der Waals surface area contributed by atoms with Gasteiger partial charge in [-0.15, -0.1) is 0 Å². The first-order valence-corrected chi connectivity index (χ1v) is 8.00. The Kier molecular flexibility index (Phi) is 4.73. The van der Waals surface area contributed by atoms with E-state index in [1.807, 2.05) is 37.3 Å². The molecule has 0 saturated heterocycles. The number of hydrogen-bond acceptors (Lipinski definition) is 4. The van der Waals surface area contributed by atoms with Crippen molar-refractivity contribution in [2.45, 2.75) is 13.5 Å². The molecule has 2 aromatic carbocycles. The van der Waals surface area contributed by atoms with E-state index in [0.29, 0.717) is 21.8 Å². The molecule has 3 aromatic rings. The van der Waals surface area contributed by atoms with Crippen molar-refractivity contribution in [3.63, 3.8) is 0 Å². The van der Waals surface area contributed by atoms with Gasteiger partial charge in [-0.05, 0) is 43.4 Å². The monoisotopic (exact) mass is 349 g/mol. The van der Waals surface area contributed by atoms with Crippen LogP contribution in [-0.2, 0) is 11.3 Å². The van der Waals surface area contributed by atoms with E-state index in [1.165, 1.54) is 0 Å². The summed E-state index contributed by atoms with van der Waals surface area (Å²) in [5, 5.41) is 18.7. The molecule has 0 radical (unpaired) electrons. The number of aromatic nitrogens is 3. The smallest absolute Gasteiger partial charge is 0.244 e. The molecular formula is C18H15N5OS. The second kappa shape index (κ2) is 7.11. The fourth-order valence-corrected chi connectivity index (χ4v) is 2.68. The van der Waals surface area contributed by atoms with Crippen molar-refractivity contribution in [2.75, 3.05) is 5.32 Å². The third kappa shape index (κ3) is 3.82. The average Bonchev–Trinajstić information content (AvgIpc) is 2.95. The quantitative estimate of drug-likeness (QED) is 0.707. The largest absolute Gasteiger partial charge is 0.324 e. The van der Waals surface area contributed by atoms with Gasteiger partial charge in [0.2, 0.25) is 5.91 Å². The number of hydrogen-bond donors (Lipinski definition) is 2. The van der Waals surface area contributed by atoms with Crippen LogP contribution < -0.4 is 5.32 Å². The summed E-state index contributed by atoms with van der Waals surface area (Å²) in [6.07, 6.45) is 0. The van der Waals surface area contributed by atoms with Gasteiger partial charge in [0, 0.05) is 11.3 Å². The molecule has 124 valence electrons. The molecule has 7 heteroatoms. The van der Waals surface area contributed by atoms with Gasteiger partial charge in [-0.2, -0.15) is 10.4 Å². The van der Waals surface area contributed by atoms with Crippen molar-refractivity contribution in [3.05, 3.63) is 64.4 Å². The minimum absolute atomic E-state index is 0.0232. The van der Waals surface area contributed by atoms with Crippen LogP contribution in [0.15, 0.2) is 48.5 Å². The van der Waals surface area contributed by atoms with Crippen LogP contribution in [0, 0.1) is 23.0 Å². The average molecular weight is 349 g/mol. The van der Waals surface area contributed by atoms with E-state index in [0.717, 1.165) is 11.1 Å². The molecule has 0 bridgehead atoms. The molecule has 2 N–H and O–H groups in total. The lowest BCUT2D eigenvalue weighted by Crippen LogP contribution is -2.19. The number of nitrogens with one attached hydrogen (secondary N) is 2. The third-order valence-corrected chi connectivity index (χ3v) is 3.92. The van der Waals surface area contributed by atoms with E-state index >= 15 is 0 Å². The van der Waals surface area contributed by atoms with Gasteiger partial charge in [0.1, 0.15) is 6.54 Å². The molecule has 1 heterocycles. The maximum Gasteiger partial charge on any atom is 0.244 e. The molecule has 0 atom stereocenters. The SMILES string of the molecule is Cc1cccc(-c2n[nH]c(=S)n2CC(=O)Nc2cccc(C#N)c2)c1. The summed E-state index contributed by atoms with van der Waals surface area (Å²) in [5.74, 6) is 0.358. The number of H-pyrrole nitrogens is 1. The van der Waals surface area contributed by atoms with Crippen molar-refractivity contribution < 1.29 is 4.79 Å². The van der Waals surface area contributed by atoms with Gasteiger partial charge >= 0.3 is 0 Å². The fourth-order valence-electron chi connectivity index (χ4n) is 2.48. The highest BCUT2D eigenvalue weighted by atomic mass is 32.1. The van der Waals surface area contributed by atoms with Crippen LogP contribution in [0.25, 0.3) is 11.4 Å². The molecule has 0 aliphatic carbocycles. The summed E-state index contributed by atoms with van der Waals surface area (Å²) in [7, 11) is 0. The second-order valence-electron chi connectivity index (χ2n) is 5.55. The van der Waals surface area contributed by atoms with Gasteiger partial charge in [0.25, 0.3) is 0 Å². The zero-order valence-electron chi connectivity index (χ0n) is 13.5. The number of aromatic amines is 1. The Labute approximate surface area is 149 Å². The van der Waals surface area contributed by atoms with Gasteiger partial charge in [-0.1, -0.05) is 29.8 Å². The predicted molar refractivity (Wildman–Crippen MR) is 97.4 cm³/mol. The molecule has 1 amide bonds. The lowest BCUT2D eigenvalue weighted by molar-refractivity contribution is -0.116. The molecular weight excluding hydrogens is 334 g/mol. The number of amides is 1. The standard InChI is InChI=1S/C18H15N5OS/c1-12-4-2-6-14(8-12)17-21-22-18(25)23(17)11-16(24)20-15-7-3-5-13(9-15)10-19/h2-9H,11H2,1H3,(H,20,24)(H,22,25). The van der Waals surface area contributed by atoms with Crippen molar-refractivity contribution >= 4 is 23.8 Å². The van der Waals surface area contributed by atoms with Gasteiger partial charge in [0.05, 0.1) is 11.6 Å². The number of benzene rings is 2. The van der Waals surface area contributed by atoms with Crippen LogP contribution in [-0.4, -0.2) is 20.7 Å². The van der Waals surface area contributed by atoms with Gasteiger partial charge in [-0.3, -0.25) is 14.5 Å². The van der Waals surface area contributed by atoms with Crippen molar-refractivity contribution in [1.82, 2.24) is 14.8 Å². The Morgan fingerprint density at radius 3 is 2.88 bits per heavy atom. The van der Waals surface area contributed by atoms with E-state index < -0.39 is 0 Å². The maximum absolute atomic E-state index is 12.4. The van der Waals surface area contributed by atoms with Crippen molar-refractivity contribution in [3.8, 4) is 17.5 Å². The summed E-state index contributed by atoms with van der Waals surface area (Å²) >= 11 is 5.25. The molecule has 25 heavy (non-hydrogen) atoms. The van der Waals surface area contributed by atoms with Crippen LogP contribution >= 0.6 is 12.2 Å². The number of carbonyl (C=O) groups excluding carboxylic acids is 1. The molecule has 0 aliphatic heterocycles. The van der Waals surface area contributed by atoms with E-state index in [1.54, 1.807) is 28.8 Å². The molecule has 1 aromatic heterocycles. The number of aryl methyl sites for hydroxylation is 1. The van der Waals surface area contributed by atoms with E-state index in [4.69, 9.17) is 17.5 Å². The third-order valence-electron chi connectivity index (χ3n) is 3.61. The van der Waals surface area contributed by atoms with Crippen LogP contribution in [0.4, 0.5) is 5.69 Å². The number of carbonyl (C=O) groups is 1. The van der Waals surface area contributed by atoms with Gasteiger partial charge < -0.3 is 5.32 Å². The van der Waals surface area contributed by atoms with Crippen LogP contribution in [0.1, 0.15) is 11.1 Å². The summed E-state index contributed by atoms with van der Waals surface area (Å²) < 4.78 is 2.02. The second-order valence-corrected chi connectivity index (χ2v) is 5.94. The molecule has 0 fully saturated rings. The van der Waals surface area contributed by atoms with E-state index in [-0.39, 0.29) is 12.5 Å². The number of nitriles is 1. The number of rotatable bonds is 4. The summed E-state index contributed by atoms with van der Waals surface area (Å²) in [6.45, 7) is 2.01. The summed E-state index contributed by atoms with van der Waals surface area (Å²) in [5.41, 5.74) is 3.02. The first-order chi connectivity index (χ1) is 12.1. The molecule has 0 saturated carbocycles. The van der Waals surface area contributed by atoms with Crippen LogP contribution in [0.3, 0.4) is 0 Å². The molecule has 0 spiro atoms. The Balaban J connectivity index is 1.83. The molecule has 3 rings (SSSR count). The highest BCUT2D eigenvalue weighted by Gasteiger charge is 2.13. The van der Waals surface area contributed by atoms with Crippen molar-refractivity contribution in [2.24, 2.45) is 0 Å². The van der Waals surface area contributed by atoms with E-state index in [9.17, 15) is 4.79 Å². The predicted octanol–water partition coefficient (Wildman–Crippen LogP) is 3.43. The lowest BCUT2D eigenvalue weighted by Gasteiger charge is -2.09. The Hall–Kier alpha value is -3.24. The van der Waals surface area contributed by atoms with Crippen molar-refractivity contribution in [1.29, 1.82) is 5.26 Å². The first-order valence-electron chi connectivity index (χ1n) is 7.59. The summed E-state index contributed by atoms with van der Waals surface area (Å²) in [6, 6.07) is 16.6. The van der Waals surface area contributed by atoms with Gasteiger partial charge in [-0.25, -0.2) is 0 Å². The normalized spacial score (nSPS) is 10.2. The topological polar surface area (TPSA) is 86.5 Å². The van der Waals surface area contributed by atoms with Gasteiger partial charge in [0.15, 0.2) is 10.6 Å². The Bertz CT molecular complexity index is 1030. The number of anilines is 1. The zero-order chi connectivity index (χ0) is 17.8. The van der Waals surface area contributed by atoms with Crippen LogP contribution in [0.2, 0.25) is 0 Å². The highest BCUT2D eigenvalue weighted by Crippen LogP contribution is 2.19. The Morgan fingerprint density at radius 1 is 1.32 bits per heavy atom.